The summed E-state index contributed by atoms with van der Waals surface area (Å²) >= 11 is 1.55. The first-order chi connectivity index (χ1) is 20.9. The maximum Gasteiger partial charge on any atom is 0.417 e. The molecular formula is C31H28F3N7O2S. The number of pyridine rings is 1. The van der Waals surface area contributed by atoms with E-state index in [9.17, 15) is 18.0 Å². The number of hydrogen-bond acceptors (Lipinski definition) is 8. The molecule has 13 heteroatoms. The highest BCUT2D eigenvalue weighted by Crippen LogP contribution is 2.35. The molecule has 3 heterocycles. The first-order valence-corrected chi connectivity index (χ1v) is 14.3. The molecule has 0 saturated heterocycles. The third kappa shape index (κ3) is 7.48. The molecule has 9 nitrogen and oxygen atoms in total. The van der Waals surface area contributed by atoms with Gasteiger partial charge in [0.05, 0.1) is 39.9 Å². The summed E-state index contributed by atoms with van der Waals surface area (Å²) in [7, 11) is 0. The third-order valence-corrected chi connectivity index (χ3v) is 7.37. The maximum absolute atomic E-state index is 13.4. The van der Waals surface area contributed by atoms with Gasteiger partial charge >= 0.3 is 18.2 Å². The number of nitrogens with one attached hydrogen (secondary N) is 3. The van der Waals surface area contributed by atoms with Crippen molar-refractivity contribution in [2.45, 2.75) is 39.9 Å². The van der Waals surface area contributed by atoms with Crippen LogP contribution in [0.25, 0.3) is 21.7 Å². The van der Waals surface area contributed by atoms with Crippen LogP contribution in [0.4, 0.5) is 34.5 Å². The Balaban J connectivity index is 1.25. The number of alkyl halides is 3. The van der Waals surface area contributed by atoms with Crippen molar-refractivity contribution in [2.24, 2.45) is 0 Å². The van der Waals surface area contributed by atoms with Crippen LogP contribution < -0.4 is 20.7 Å². The van der Waals surface area contributed by atoms with Crippen molar-refractivity contribution in [1.82, 2.24) is 19.9 Å². The molecule has 0 aliphatic carbocycles. The Morgan fingerprint density at radius 3 is 2.20 bits per heavy atom. The molecule has 226 valence electrons. The lowest BCUT2D eigenvalue weighted by atomic mass is 10.0. The second-order valence-corrected chi connectivity index (χ2v) is 11.2. The molecule has 44 heavy (non-hydrogen) atoms. The highest BCUT2D eigenvalue weighted by molar-refractivity contribution is 7.18. The number of carbonyl (C=O) groups is 1. The molecule has 0 aliphatic rings. The van der Waals surface area contributed by atoms with Crippen molar-refractivity contribution in [3.8, 4) is 33.5 Å². The number of aromatic nitrogens is 4. The molecule has 5 aromatic rings. The van der Waals surface area contributed by atoms with E-state index in [4.69, 9.17) is 4.74 Å². The van der Waals surface area contributed by atoms with Crippen molar-refractivity contribution < 1.29 is 22.7 Å². The minimum Gasteiger partial charge on any atom is -0.424 e. The zero-order valence-electron chi connectivity index (χ0n) is 24.2. The van der Waals surface area contributed by atoms with E-state index in [2.05, 4.69) is 35.9 Å². The summed E-state index contributed by atoms with van der Waals surface area (Å²) in [6.07, 6.45) is 0.566. The lowest BCUT2D eigenvalue weighted by molar-refractivity contribution is -0.137. The van der Waals surface area contributed by atoms with Gasteiger partial charge in [-0.05, 0) is 80.8 Å². The van der Waals surface area contributed by atoms with E-state index in [1.165, 1.54) is 12.4 Å². The van der Waals surface area contributed by atoms with Gasteiger partial charge in [0.1, 0.15) is 5.75 Å². The van der Waals surface area contributed by atoms with Crippen LogP contribution in [-0.4, -0.2) is 32.0 Å². The smallest absolute Gasteiger partial charge is 0.417 e. The lowest BCUT2D eigenvalue weighted by Gasteiger charge is -2.15. The highest BCUT2D eigenvalue weighted by atomic mass is 32.1. The first kappa shape index (κ1) is 30.4. The number of nitrogens with zero attached hydrogens (tertiary/aromatic N) is 4. The van der Waals surface area contributed by atoms with Crippen LogP contribution in [0, 0.1) is 13.8 Å². The van der Waals surface area contributed by atoms with E-state index in [0.717, 1.165) is 39.0 Å². The Hall–Kier alpha value is -5.04. The fraction of sp³-hybridized carbons (Fsp3) is 0.194. The van der Waals surface area contributed by atoms with Gasteiger partial charge in [-0.25, -0.2) is 19.7 Å². The zero-order chi connectivity index (χ0) is 31.4. The normalized spacial score (nSPS) is 11.4. The lowest BCUT2D eigenvalue weighted by Crippen LogP contribution is -2.21. The SMILES string of the molecule is Cc1ccc(-c2ncc(C(F)(F)F)cc2NC(=O)Nc2cnc(Oc3ccc(-c4cnc(NC(C)C)s4)cc3)nc2)cc1C. The Morgan fingerprint density at radius 1 is 0.841 bits per heavy atom. The van der Waals surface area contributed by atoms with Gasteiger partial charge in [-0.2, -0.15) is 13.2 Å². The molecular weight excluding hydrogens is 591 g/mol. The number of thiazole rings is 1. The molecule has 0 fully saturated rings. The van der Waals surface area contributed by atoms with Crippen LogP contribution in [0.3, 0.4) is 0 Å². The monoisotopic (exact) mass is 619 g/mol. The standard InChI is InChI=1S/C31H28F3N7O2S/c1-17(2)39-30-38-16-26(44-30)20-7-9-24(10-8-20)43-29-36-14-23(15-37-29)40-28(42)41-25-12-22(31(32,33)34)13-35-27(25)21-6-5-18(3)19(4)11-21/h5-17H,1-4H3,(H,38,39)(H2,40,41,42). The Morgan fingerprint density at radius 2 is 1.55 bits per heavy atom. The average Bonchev–Trinajstić information content (AvgIpc) is 3.43. The fourth-order valence-electron chi connectivity index (χ4n) is 4.07. The summed E-state index contributed by atoms with van der Waals surface area (Å²) in [5, 5.41) is 9.14. The Kier molecular flexibility index (Phi) is 8.76. The molecule has 0 spiro atoms. The minimum absolute atomic E-state index is 0.0454. The van der Waals surface area contributed by atoms with Crippen molar-refractivity contribution in [2.75, 3.05) is 16.0 Å². The Bertz CT molecular complexity index is 1770. The van der Waals surface area contributed by atoms with E-state index in [1.54, 1.807) is 35.6 Å². The molecule has 2 amide bonds. The highest BCUT2D eigenvalue weighted by Gasteiger charge is 2.32. The second-order valence-electron chi connectivity index (χ2n) is 10.2. The van der Waals surface area contributed by atoms with Gasteiger partial charge in [-0.1, -0.05) is 23.5 Å². The van der Waals surface area contributed by atoms with Crippen LogP contribution in [-0.2, 0) is 6.18 Å². The van der Waals surface area contributed by atoms with Gasteiger partial charge in [-0.15, -0.1) is 0 Å². The van der Waals surface area contributed by atoms with Gasteiger partial charge in [0, 0.05) is 24.0 Å². The molecule has 2 aromatic carbocycles. The van der Waals surface area contributed by atoms with Gasteiger partial charge < -0.3 is 20.7 Å². The average molecular weight is 620 g/mol. The number of anilines is 3. The van der Waals surface area contributed by atoms with Crippen LogP contribution in [0.1, 0.15) is 30.5 Å². The van der Waals surface area contributed by atoms with Gasteiger partial charge in [0.2, 0.25) is 0 Å². The first-order valence-electron chi connectivity index (χ1n) is 13.5. The van der Waals surface area contributed by atoms with Gasteiger partial charge in [-0.3, -0.25) is 4.98 Å². The predicted octanol–water partition coefficient (Wildman–Crippen LogP) is 8.55. The summed E-state index contributed by atoms with van der Waals surface area (Å²) in [5.74, 6) is 0.508. The minimum atomic E-state index is -4.64. The molecule has 3 aromatic heterocycles. The molecule has 3 N–H and O–H groups in total. The molecule has 0 bridgehead atoms. The topological polar surface area (TPSA) is 114 Å². The van der Waals surface area contributed by atoms with Crippen LogP contribution >= 0.6 is 11.3 Å². The predicted molar refractivity (Wildman–Crippen MR) is 165 cm³/mol. The van der Waals surface area contributed by atoms with E-state index < -0.39 is 17.8 Å². The number of ether oxygens (including phenoxy) is 1. The van der Waals surface area contributed by atoms with E-state index in [1.807, 2.05) is 52.1 Å². The van der Waals surface area contributed by atoms with E-state index in [0.29, 0.717) is 11.3 Å². The zero-order valence-corrected chi connectivity index (χ0v) is 25.0. The summed E-state index contributed by atoms with van der Waals surface area (Å²) in [4.78, 5) is 30.5. The number of amides is 2. The fourth-order valence-corrected chi connectivity index (χ4v) is 5.03. The van der Waals surface area contributed by atoms with E-state index in [-0.39, 0.29) is 29.1 Å². The van der Waals surface area contributed by atoms with E-state index >= 15 is 0 Å². The number of halogens is 3. The molecule has 0 unspecified atom stereocenters. The van der Waals surface area contributed by atoms with Crippen molar-refractivity contribution in [3.63, 3.8) is 0 Å². The number of urea groups is 1. The number of rotatable bonds is 8. The molecule has 5 rings (SSSR count). The molecule has 0 atom stereocenters. The summed E-state index contributed by atoms with van der Waals surface area (Å²) in [6, 6.07) is 13.1. The molecule has 0 saturated carbocycles. The quantitative estimate of drug-likeness (QED) is 0.159. The number of hydrogen-bond donors (Lipinski definition) is 3. The van der Waals surface area contributed by atoms with Gasteiger partial charge in [0.15, 0.2) is 5.13 Å². The third-order valence-electron chi connectivity index (χ3n) is 6.40. The van der Waals surface area contributed by atoms with Crippen LogP contribution in [0.15, 0.2) is 73.3 Å². The number of carbonyl (C=O) groups excluding carboxylic acids is 1. The molecule has 0 radical (unpaired) electrons. The molecule has 0 aliphatic heterocycles. The second kappa shape index (κ2) is 12.7. The largest absolute Gasteiger partial charge is 0.424 e. The van der Waals surface area contributed by atoms with Crippen molar-refractivity contribution in [1.29, 1.82) is 0 Å². The summed E-state index contributed by atoms with van der Waals surface area (Å²) in [6.45, 7) is 7.90. The van der Waals surface area contributed by atoms with Crippen molar-refractivity contribution >= 4 is 33.9 Å². The van der Waals surface area contributed by atoms with Crippen molar-refractivity contribution in [3.05, 3.63) is 90.0 Å². The number of benzene rings is 2. The Labute approximate surface area is 255 Å². The number of aryl methyl sites for hydroxylation is 2. The van der Waals surface area contributed by atoms with Crippen LogP contribution in [0.5, 0.6) is 11.8 Å². The van der Waals surface area contributed by atoms with Gasteiger partial charge in [0.25, 0.3) is 0 Å². The van der Waals surface area contributed by atoms with Crippen LogP contribution in [0.2, 0.25) is 0 Å². The summed E-state index contributed by atoms with van der Waals surface area (Å²) in [5.41, 5.74) is 2.81. The summed E-state index contributed by atoms with van der Waals surface area (Å²) < 4.78 is 46.0. The maximum atomic E-state index is 13.4.